The lowest BCUT2D eigenvalue weighted by Gasteiger charge is -2.37. The number of rotatable bonds is 6. The summed E-state index contributed by atoms with van der Waals surface area (Å²) < 4.78 is 14.2. The second-order valence-corrected chi connectivity index (χ2v) is 9.52. The number of piperazine rings is 1. The fourth-order valence-electron chi connectivity index (χ4n) is 3.30. The fraction of sp³-hybridized carbons (Fsp3) is 0.450. The zero-order valence-electron chi connectivity index (χ0n) is 15.6. The van der Waals surface area contributed by atoms with E-state index < -0.39 is 0 Å². The fourth-order valence-corrected chi connectivity index (χ4v) is 4.83. The van der Waals surface area contributed by atoms with Gasteiger partial charge in [-0.05, 0) is 59.6 Å². The van der Waals surface area contributed by atoms with Crippen molar-refractivity contribution in [3.05, 3.63) is 56.4 Å². The van der Waals surface area contributed by atoms with Crippen LogP contribution in [-0.2, 0) is 11.3 Å². The summed E-state index contributed by atoms with van der Waals surface area (Å²) in [7, 11) is 0. The third kappa shape index (κ3) is 5.60. The number of benzene rings is 1. The summed E-state index contributed by atoms with van der Waals surface area (Å²) in [6, 6.07) is 10.2. The Bertz CT molecular complexity index is 759. The topological polar surface area (TPSA) is 35.6 Å². The molecule has 1 aliphatic heterocycles. The van der Waals surface area contributed by atoms with Crippen molar-refractivity contribution in [2.75, 3.05) is 26.2 Å². The van der Waals surface area contributed by atoms with Crippen LogP contribution in [0.15, 0.2) is 40.2 Å². The molecule has 1 saturated heterocycles. The van der Waals surface area contributed by atoms with Gasteiger partial charge in [-0.3, -0.25) is 14.6 Å². The average molecular weight is 454 g/mol. The molecule has 1 N–H and O–H groups in total. The van der Waals surface area contributed by atoms with E-state index in [4.69, 9.17) is 0 Å². The summed E-state index contributed by atoms with van der Waals surface area (Å²) >= 11 is 5.28. The number of nitrogens with zero attached hydrogens (tertiary/aromatic N) is 2. The van der Waals surface area contributed by atoms with E-state index >= 15 is 0 Å². The van der Waals surface area contributed by atoms with Crippen molar-refractivity contribution in [2.45, 2.75) is 32.5 Å². The minimum atomic E-state index is -0.265. The molecule has 2 aromatic rings. The van der Waals surface area contributed by atoms with Gasteiger partial charge in [0, 0.05) is 37.6 Å². The van der Waals surface area contributed by atoms with Gasteiger partial charge in [0.15, 0.2) is 0 Å². The molecular formula is C20H25BrFN3OS. The monoisotopic (exact) mass is 453 g/mol. The zero-order chi connectivity index (χ0) is 19.4. The van der Waals surface area contributed by atoms with Gasteiger partial charge in [0.2, 0.25) is 5.91 Å². The second-order valence-electron chi connectivity index (χ2n) is 6.98. The molecule has 3 rings (SSSR count). The molecule has 1 fully saturated rings. The molecule has 0 radical (unpaired) electrons. The molecule has 1 aromatic carbocycles. The third-order valence-electron chi connectivity index (χ3n) is 5.07. The quantitative estimate of drug-likeness (QED) is 0.716. The maximum absolute atomic E-state index is 13.1. The van der Waals surface area contributed by atoms with Gasteiger partial charge in [0.05, 0.1) is 15.9 Å². The normalized spacial score (nSPS) is 18.2. The van der Waals surface area contributed by atoms with E-state index in [1.807, 2.05) is 13.8 Å². The molecule has 0 aliphatic carbocycles. The summed E-state index contributed by atoms with van der Waals surface area (Å²) in [4.78, 5) is 18.6. The first-order valence-electron chi connectivity index (χ1n) is 9.19. The summed E-state index contributed by atoms with van der Waals surface area (Å²) in [6.45, 7) is 8.53. The van der Waals surface area contributed by atoms with Crippen LogP contribution in [0.2, 0.25) is 0 Å². The number of hydrogen-bond donors (Lipinski definition) is 1. The molecule has 2 atom stereocenters. The molecule has 4 nitrogen and oxygen atoms in total. The average Bonchev–Trinajstić information content (AvgIpc) is 3.07. The summed E-state index contributed by atoms with van der Waals surface area (Å²) in [6.07, 6.45) is 0. The molecule has 0 bridgehead atoms. The highest BCUT2D eigenvalue weighted by atomic mass is 79.9. The SMILES string of the molecule is CC(NC(=O)C(C)N1CCN(Cc2ccc(Br)s2)CC1)c1ccc(F)cc1. The van der Waals surface area contributed by atoms with Crippen LogP contribution in [0.25, 0.3) is 0 Å². The Morgan fingerprint density at radius 3 is 2.41 bits per heavy atom. The van der Waals surface area contributed by atoms with E-state index in [0.717, 1.165) is 42.1 Å². The van der Waals surface area contributed by atoms with E-state index in [1.165, 1.54) is 17.0 Å². The van der Waals surface area contributed by atoms with Crippen molar-refractivity contribution in [2.24, 2.45) is 0 Å². The highest BCUT2D eigenvalue weighted by molar-refractivity contribution is 9.11. The minimum Gasteiger partial charge on any atom is -0.348 e. The molecule has 0 spiro atoms. The number of carbonyl (C=O) groups excluding carboxylic acids is 1. The van der Waals surface area contributed by atoms with Crippen molar-refractivity contribution >= 4 is 33.2 Å². The molecular weight excluding hydrogens is 429 g/mol. The van der Waals surface area contributed by atoms with Crippen molar-refractivity contribution < 1.29 is 9.18 Å². The first-order valence-corrected chi connectivity index (χ1v) is 10.8. The minimum absolute atomic E-state index is 0.0162. The van der Waals surface area contributed by atoms with Crippen molar-refractivity contribution in [1.82, 2.24) is 15.1 Å². The standard InChI is InChI=1S/C20H25BrFN3OS/c1-14(16-3-5-17(22)6-4-16)23-20(26)15(2)25-11-9-24(10-12-25)13-18-7-8-19(21)27-18/h3-8,14-15H,9-13H2,1-2H3,(H,23,26). The maximum Gasteiger partial charge on any atom is 0.237 e. The molecule has 0 saturated carbocycles. The van der Waals surface area contributed by atoms with Crippen LogP contribution in [0.5, 0.6) is 0 Å². The first kappa shape index (κ1) is 20.5. The largest absolute Gasteiger partial charge is 0.348 e. The predicted molar refractivity (Wildman–Crippen MR) is 111 cm³/mol. The number of hydrogen-bond acceptors (Lipinski definition) is 4. The highest BCUT2D eigenvalue weighted by Gasteiger charge is 2.26. The predicted octanol–water partition coefficient (Wildman–Crippen LogP) is 4.03. The van der Waals surface area contributed by atoms with Crippen LogP contribution < -0.4 is 5.32 Å². The van der Waals surface area contributed by atoms with Gasteiger partial charge in [0.1, 0.15) is 5.82 Å². The third-order valence-corrected chi connectivity index (χ3v) is 6.68. The van der Waals surface area contributed by atoms with Gasteiger partial charge in [-0.2, -0.15) is 0 Å². The van der Waals surface area contributed by atoms with Gasteiger partial charge in [-0.1, -0.05) is 12.1 Å². The molecule has 146 valence electrons. The Balaban J connectivity index is 1.47. The van der Waals surface area contributed by atoms with Crippen LogP contribution in [0.3, 0.4) is 0 Å². The van der Waals surface area contributed by atoms with Gasteiger partial charge >= 0.3 is 0 Å². The zero-order valence-corrected chi connectivity index (χ0v) is 18.0. The summed E-state index contributed by atoms with van der Waals surface area (Å²) in [5, 5.41) is 3.05. The molecule has 1 aromatic heterocycles. The number of nitrogens with one attached hydrogen (secondary N) is 1. The van der Waals surface area contributed by atoms with E-state index in [0.29, 0.717) is 0 Å². The number of carbonyl (C=O) groups is 1. The van der Waals surface area contributed by atoms with Crippen LogP contribution in [0.4, 0.5) is 4.39 Å². The Kier molecular flexibility index (Phi) is 7.03. The van der Waals surface area contributed by atoms with Crippen molar-refractivity contribution in [1.29, 1.82) is 0 Å². The van der Waals surface area contributed by atoms with Crippen molar-refractivity contribution in [3.63, 3.8) is 0 Å². The van der Waals surface area contributed by atoms with Gasteiger partial charge in [-0.15, -0.1) is 11.3 Å². The Morgan fingerprint density at radius 2 is 1.81 bits per heavy atom. The maximum atomic E-state index is 13.1. The molecule has 2 unspecified atom stereocenters. The van der Waals surface area contributed by atoms with E-state index in [1.54, 1.807) is 23.5 Å². The summed E-state index contributed by atoms with van der Waals surface area (Å²) in [5.74, 6) is -0.249. The number of thiophene rings is 1. The van der Waals surface area contributed by atoms with Gasteiger partial charge in [0.25, 0.3) is 0 Å². The van der Waals surface area contributed by atoms with E-state index in [-0.39, 0.29) is 23.8 Å². The lowest BCUT2D eigenvalue weighted by atomic mass is 10.1. The lowest BCUT2D eigenvalue weighted by molar-refractivity contribution is -0.127. The highest BCUT2D eigenvalue weighted by Crippen LogP contribution is 2.24. The molecule has 7 heteroatoms. The van der Waals surface area contributed by atoms with Gasteiger partial charge in [-0.25, -0.2) is 4.39 Å². The Morgan fingerprint density at radius 1 is 1.15 bits per heavy atom. The van der Waals surface area contributed by atoms with Crippen LogP contribution in [-0.4, -0.2) is 47.9 Å². The van der Waals surface area contributed by atoms with E-state index in [9.17, 15) is 9.18 Å². The number of halogens is 2. The lowest BCUT2D eigenvalue weighted by Crippen LogP contribution is -2.53. The van der Waals surface area contributed by atoms with Crippen LogP contribution in [0.1, 0.15) is 30.3 Å². The van der Waals surface area contributed by atoms with E-state index in [2.05, 4.69) is 43.2 Å². The Hall–Kier alpha value is -1.28. The van der Waals surface area contributed by atoms with Crippen molar-refractivity contribution in [3.8, 4) is 0 Å². The van der Waals surface area contributed by atoms with Crippen LogP contribution in [0, 0.1) is 5.82 Å². The second kappa shape index (κ2) is 9.28. The first-order chi connectivity index (χ1) is 12.9. The number of amides is 1. The molecule has 2 heterocycles. The Labute approximate surface area is 172 Å². The van der Waals surface area contributed by atoms with Gasteiger partial charge < -0.3 is 5.32 Å². The molecule has 1 amide bonds. The smallest absolute Gasteiger partial charge is 0.237 e. The molecule has 1 aliphatic rings. The molecule has 27 heavy (non-hydrogen) atoms. The summed E-state index contributed by atoms with van der Waals surface area (Å²) in [5.41, 5.74) is 0.906. The van der Waals surface area contributed by atoms with Crippen LogP contribution >= 0.6 is 27.3 Å².